The zero-order valence-corrected chi connectivity index (χ0v) is 18.6. The third-order valence-electron chi connectivity index (χ3n) is 2.89. The highest BCUT2D eigenvalue weighted by atomic mass is 16.5. The highest BCUT2D eigenvalue weighted by molar-refractivity contribution is 5.91. The van der Waals surface area contributed by atoms with Gasteiger partial charge in [-0.25, -0.2) is 14.4 Å². The third-order valence-corrected chi connectivity index (χ3v) is 2.89. The number of amides is 2. The summed E-state index contributed by atoms with van der Waals surface area (Å²) in [5.41, 5.74) is 10.5. The van der Waals surface area contributed by atoms with Gasteiger partial charge in [0.1, 0.15) is 6.61 Å². The van der Waals surface area contributed by atoms with Crippen molar-refractivity contribution in [3.63, 3.8) is 0 Å². The number of esters is 1. The van der Waals surface area contributed by atoms with Crippen molar-refractivity contribution in [3.8, 4) is 0 Å². The van der Waals surface area contributed by atoms with E-state index in [9.17, 15) is 19.2 Å². The van der Waals surface area contributed by atoms with Gasteiger partial charge in [-0.05, 0) is 38.7 Å². The first-order valence-electron chi connectivity index (χ1n) is 9.29. The zero-order valence-electron chi connectivity index (χ0n) is 18.6. The monoisotopic (exact) mass is 432 g/mol. The van der Waals surface area contributed by atoms with E-state index in [4.69, 9.17) is 5.11 Å². The number of carbonyl (C=O) groups excluding carboxylic acids is 4. The summed E-state index contributed by atoms with van der Waals surface area (Å²) in [6, 6.07) is 0. The lowest BCUT2D eigenvalue weighted by Gasteiger charge is -2.27. The fraction of sp³-hybridized carbons (Fsp3) is 0.600. The first-order valence-corrected chi connectivity index (χ1v) is 9.29. The summed E-state index contributed by atoms with van der Waals surface area (Å²) in [5, 5.41) is 8.10. The summed E-state index contributed by atoms with van der Waals surface area (Å²) < 4.78 is 12.7. The average Bonchev–Trinajstić information content (AvgIpc) is 2.58. The van der Waals surface area contributed by atoms with Crippen LogP contribution in [0.5, 0.6) is 0 Å². The molecule has 0 aromatic carbocycles. The van der Waals surface area contributed by atoms with Crippen molar-refractivity contribution in [1.82, 2.24) is 0 Å². The summed E-state index contributed by atoms with van der Waals surface area (Å²) in [6.45, 7) is 13.5. The molecule has 0 bridgehead atoms. The number of allylic oxidation sites excluding steroid dienone is 2. The van der Waals surface area contributed by atoms with Crippen LogP contribution in [0.2, 0.25) is 0 Å². The van der Waals surface area contributed by atoms with Crippen LogP contribution in [0.3, 0.4) is 0 Å². The summed E-state index contributed by atoms with van der Waals surface area (Å²) in [6.07, 6.45) is 3.18. The molecule has 174 valence electrons. The first-order chi connectivity index (χ1) is 13.8. The lowest BCUT2D eigenvalue weighted by atomic mass is 9.77. The van der Waals surface area contributed by atoms with Crippen LogP contribution < -0.4 is 11.5 Å². The molecule has 1 aliphatic carbocycles. The fourth-order valence-corrected chi connectivity index (χ4v) is 2.16. The molecule has 0 unspecified atom stereocenters. The maximum Gasteiger partial charge on any atom is 0.404 e. The molecular formula is C20H36N2O8. The number of rotatable bonds is 5. The van der Waals surface area contributed by atoms with E-state index in [-0.39, 0.29) is 24.4 Å². The van der Waals surface area contributed by atoms with E-state index in [1.807, 2.05) is 6.92 Å². The normalized spacial score (nSPS) is 13.3. The van der Waals surface area contributed by atoms with E-state index in [0.717, 1.165) is 12.5 Å². The Hall–Kier alpha value is -2.88. The van der Waals surface area contributed by atoms with Crippen LogP contribution in [0.4, 0.5) is 9.59 Å². The second-order valence-corrected chi connectivity index (χ2v) is 6.57. The van der Waals surface area contributed by atoms with Crippen LogP contribution in [0, 0.1) is 5.41 Å². The second-order valence-electron chi connectivity index (χ2n) is 6.57. The number of ketones is 1. The molecule has 2 amide bonds. The molecule has 0 atom stereocenters. The van der Waals surface area contributed by atoms with Crippen molar-refractivity contribution >= 4 is 23.9 Å². The molecule has 30 heavy (non-hydrogen) atoms. The van der Waals surface area contributed by atoms with Crippen LogP contribution in [0.1, 0.15) is 47.5 Å². The number of aliphatic hydroxyl groups is 1. The number of primary amides is 2. The van der Waals surface area contributed by atoms with Crippen molar-refractivity contribution in [3.05, 3.63) is 24.3 Å². The van der Waals surface area contributed by atoms with Crippen LogP contribution in [0.25, 0.3) is 0 Å². The number of carbonyl (C=O) groups is 4. The van der Waals surface area contributed by atoms with E-state index in [1.165, 1.54) is 5.57 Å². The minimum absolute atomic E-state index is 0.0465. The van der Waals surface area contributed by atoms with E-state index in [2.05, 4.69) is 46.1 Å². The van der Waals surface area contributed by atoms with Gasteiger partial charge in [0, 0.05) is 12.5 Å². The van der Waals surface area contributed by atoms with Gasteiger partial charge in [-0.15, -0.1) is 0 Å². The number of nitrogens with two attached hydrogens (primary N) is 2. The van der Waals surface area contributed by atoms with Crippen molar-refractivity contribution in [2.75, 3.05) is 26.4 Å². The van der Waals surface area contributed by atoms with Gasteiger partial charge in [0.25, 0.3) is 0 Å². The van der Waals surface area contributed by atoms with E-state index < -0.39 is 18.2 Å². The van der Waals surface area contributed by atoms with Crippen LogP contribution >= 0.6 is 0 Å². The summed E-state index contributed by atoms with van der Waals surface area (Å²) >= 11 is 0. The molecule has 1 rings (SSSR count). The Kier molecular flexibility index (Phi) is 20.6. The molecule has 5 N–H and O–H groups in total. The predicted octanol–water partition coefficient (Wildman–Crippen LogP) is 2.23. The van der Waals surface area contributed by atoms with E-state index in [1.54, 1.807) is 19.9 Å². The predicted molar refractivity (Wildman–Crippen MR) is 112 cm³/mol. The average molecular weight is 433 g/mol. The topological polar surface area (TPSA) is 168 Å². The van der Waals surface area contributed by atoms with Gasteiger partial charge in [0.15, 0.2) is 5.78 Å². The molecule has 10 heteroatoms. The molecule has 10 nitrogen and oxygen atoms in total. The highest BCUT2D eigenvalue weighted by Crippen LogP contribution is 2.32. The smallest absolute Gasteiger partial charge is 0.404 e. The van der Waals surface area contributed by atoms with Gasteiger partial charge in [0.2, 0.25) is 0 Å². The van der Waals surface area contributed by atoms with E-state index in [0.29, 0.717) is 19.6 Å². The first kappa shape index (κ1) is 31.8. The second kappa shape index (κ2) is 19.4. The molecule has 0 fully saturated rings. The Labute approximate surface area is 178 Å². The Bertz CT molecular complexity index is 555. The van der Waals surface area contributed by atoms with Crippen LogP contribution in [-0.2, 0) is 23.8 Å². The molecule has 0 radical (unpaired) electrons. The number of hydrogen-bond donors (Lipinski definition) is 3. The molecule has 0 aromatic rings. The fourth-order valence-electron chi connectivity index (χ4n) is 2.16. The largest absolute Gasteiger partial charge is 0.460 e. The lowest BCUT2D eigenvalue weighted by Crippen LogP contribution is -2.20. The SMILES string of the molecule is C=CC(=O)OCCO.CC1=CC(=O)CC(C)(C)C1.CCOC(N)=O.CCOC(N)=O. The molecule has 0 aliphatic heterocycles. The maximum atomic E-state index is 11.0. The summed E-state index contributed by atoms with van der Waals surface area (Å²) in [4.78, 5) is 40.3. The standard InChI is InChI=1S/C9H14O.C5H8O3.2C3H7NO2/c1-7-4-8(10)6-9(2,3)5-7;1-2-5(7)8-4-3-6;2*1-2-6-3(4)5/h4H,5-6H2,1-3H3;2,6H,1,3-4H2;2*2H2,1H3,(H2,4,5). The Morgan fingerprint density at radius 1 is 1.10 bits per heavy atom. The summed E-state index contributed by atoms with van der Waals surface area (Å²) in [7, 11) is 0. The van der Waals surface area contributed by atoms with Crippen LogP contribution in [-0.4, -0.2) is 55.5 Å². The van der Waals surface area contributed by atoms with Crippen molar-refractivity contribution < 1.29 is 38.5 Å². The quantitative estimate of drug-likeness (QED) is 0.337. The number of hydrogen-bond acceptors (Lipinski definition) is 8. The van der Waals surface area contributed by atoms with E-state index >= 15 is 0 Å². The Morgan fingerprint density at radius 3 is 1.80 bits per heavy atom. The van der Waals surface area contributed by atoms with Gasteiger partial charge in [0.05, 0.1) is 19.8 Å². The minimum atomic E-state index is -0.711. The van der Waals surface area contributed by atoms with Gasteiger partial charge in [-0.3, -0.25) is 4.79 Å². The van der Waals surface area contributed by atoms with Crippen molar-refractivity contribution in [2.45, 2.75) is 47.5 Å². The van der Waals surface area contributed by atoms with Gasteiger partial charge >= 0.3 is 18.2 Å². The lowest BCUT2D eigenvalue weighted by molar-refractivity contribution is -0.138. The minimum Gasteiger partial charge on any atom is -0.460 e. The molecule has 0 saturated heterocycles. The Balaban J connectivity index is -0.000000333. The molecule has 0 spiro atoms. The van der Waals surface area contributed by atoms with Gasteiger partial charge < -0.3 is 30.8 Å². The van der Waals surface area contributed by atoms with Gasteiger partial charge in [-0.2, -0.15) is 0 Å². The van der Waals surface area contributed by atoms with Gasteiger partial charge in [-0.1, -0.05) is 26.0 Å². The molecular weight excluding hydrogens is 396 g/mol. The highest BCUT2D eigenvalue weighted by Gasteiger charge is 2.25. The molecule has 1 aliphatic rings. The third kappa shape index (κ3) is 27.3. The summed E-state index contributed by atoms with van der Waals surface area (Å²) in [5.74, 6) is -0.215. The zero-order chi connectivity index (χ0) is 24.2. The molecule has 0 saturated carbocycles. The number of ether oxygens (including phenoxy) is 3. The Morgan fingerprint density at radius 2 is 1.57 bits per heavy atom. The van der Waals surface area contributed by atoms with Crippen molar-refractivity contribution in [2.24, 2.45) is 16.9 Å². The van der Waals surface area contributed by atoms with Crippen molar-refractivity contribution in [1.29, 1.82) is 0 Å². The maximum absolute atomic E-state index is 11.0. The molecule has 0 aromatic heterocycles. The molecule has 0 heterocycles. The number of aliphatic hydroxyl groups excluding tert-OH is 1. The van der Waals surface area contributed by atoms with Crippen LogP contribution in [0.15, 0.2) is 24.3 Å².